The molecule has 27 heavy (non-hydrogen) atoms. The third kappa shape index (κ3) is 4.58. The van der Waals surface area contributed by atoms with Gasteiger partial charge in [-0.3, -0.25) is 4.57 Å². The molecule has 0 radical (unpaired) electrons. The first-order valence-corrected chi connectivity index (χ1v) is 9.30. The van der Waals surface area contributed by atoms with Crippen LogP contribution in [0, 0.1) is 0 Å². The Kier molecular flexibility index (Phi) is 4.87. The highest BCUT2D eigenvalue weighted by molar-refractivity contribution is 5.60. The molecule has 0 fully saturated rings. The summed E-state index contributed by atoms with van der Waals surface area (Å²) in [7, 11) is 6.44. The maximum Gasteiger partial charge on any atom is 0.145 e. The highest BCUT2D eigenvalue weighted by Crippen LogP contribution is 2.28. The van der Waals surface area contributed by atoms with Gasteiger partial charge in [0.1, 0.15) is 18.1 Å². The first-order chi connectivity index (χ1) is 12.5. The quantitative estimate of drug-likeness (QED) is 0.654. The molecule has 0 aliphatic heterocycles. The van der Waals surface area contributed by atoms with Crippen molar-refractivity contribution in [1.29, 1.82) is 0 Å². The molecule has 3 rings (SSSR count). The average Bonchev–Trinajstić information content (AvgIpc) is 2.96. The van der Waals surface area contributed by atoms with Gasteiger partial charge in [0, 0.05) is 17.4 Å². The second-order valence-electron chi connectivity index (χ2n) is 9.20. The van der Waals surface area contributed by atoms with Crippen LogP contribution in [0.4, 0.5) is 0 Å². The summed E-state index contributed by atoms with van der Waals surface area (Å²) in [6, 6.07) is 15.5. The number of aromatic nitrogens is 2. The highest BCUT2D eigenvalue weighted by Gasteiger charge is 2.18. The van der Waals surface area contributed by atoms with E-state index < -0.39 is 0 Å². The molecule has 0 spiro atoms. The van der Waals surface area contributed by atoms with Crippen LogP contribution in [0.1, 0.15) is 32.0 Å². The Morgan fingerprint density at radius 1 is 1.00 bits per heavy atom. The van der Waals surface area contributed by atoms with Crippen LogP contribution in [0.3, 0.4) is 0 Å². The normalized spacial score (nSPS) is 12.4. The van der Waals surface area contributed by atoms with E-state index in [4.69, 9.17) is 4.98 Å². The van der Waals surface area contributed by atoms with Gasteiger partial charge in [0.25, 0.3) is 0 Å². The number of hydrogen-bond donors (Lipinski definition) is 0. The molecule has 0 unspecified atom stereocenters. The SMILES string of the molecule is CC(C)(C)c1ccc(-c2nc(C[N+](C)(C)C)cn2-c2cccc([O-])c2)cc1. The van der Waals surface area contributed by atoms with Crippen molar-refractivity contribution in [1.82, 2.24) is 9.55 Å². The van der Waals surface area contributed by atoms with Gasteiger partial charge in [0.2, 0.25) is 0 Å². The summed E-state index contributed by atoms with van der Waals surface area (Å²) in [6.07, 6.45) is 2.05. The lowest BCUT2D eigenvalue weighted by atomic mass is 9.87. The van der Waals surface area contributed by atoms with E-state index in [1.807, 2.05) is 16.8 Å². The molecule has 2 aromatic carbocycles. The molecule has 0 saturated heterocycles. The first-order valence-electron chi connectivity index (χ1n) is 9.30. The molecule has 0 bridgehead atoms. The predicted octanol–water partition coefficient (Wildman–Crippen LogP) is 4.12. The first kappa shape index (κ1) is 19.2. The number of quaternary nitrogens is 1. The average molecular weight is 364 g/mol. The lowest BCUT2D eigenvalue weighted by molar-refractivity contribution is -0.884. The standard InChI is InChI=1S/C23H29N3O/c1-23(2,3)18-12-10-17(11-13-18)22-24-19(16-26(4,5)6)15-25(22)20-8-7-9-21(27)14-20/h7-15H,16H2,1-6H3. The van der Waals surface area contributed by atoms with Gasteiger partial charge in [0.15, 0.2) is 0 Å². The largest absolute Gasteiger partial charge is 0.872 e. The van der Waals surface area contributed by atoms with Crippen molar-refractivity contribution in [2.45, 2.75) is 32.7 Å². The Labute approximate surface area is 162 Å². The molecule has 1 heterocycles. The van der Waals surface area contributed by atoms with Crippen molar-refractivity contribution in [2.24, 2.45) is 0 Å². The molecule has 142 valence electrons. The van der Waals surface area contributed by atoms with Gasteiger partial charge in [-0.1, -0.05) is 57.2 Å². The molecule has 1 aromatic heterocycles. The fourth-order valence-electron chi connectivity index (χ4n) is 3.14. The summed E-state index contributed by atoms with van der Waals surface area (Å²) in [4.78, 5) is 4.91. The number of benzene rings is 2. The minimum atomic E-state index is 0.00313. The van der Waals surface area contributed by atoms with Gasteiger partial charge in [-0.15, -0.1) is 5.75 Å². The van der Waals surface area contributed by atoms with Crippen LogP contribution in [0.5, 0.6) is 5.75 Å². The van der Waals surface area contributed by atoms with E-state index in [2.05, 4.69) is 66.2 Å². The Bertz CT molecular complexity index is 925. The van der Waals surface area contributed by atoms with Gasteiger partial charge in [0.05, 0.1) is 21.1 Å². The maximum atomic E-state index is 11.9. The minimum absolute atomic E-state index is 0.00313. The Morgan fingerprint density at radius 3 is 2.22 bits per heavy atom. The van der Waals surface area contributed by atoms with Crippen LogP contribution in [0.15, 0.2) is 54.7 Å². The maximum absolute atomic E-state index is 11.9. The van der Waals surface area contributed by atoms with Crippen molar-refractivity contribution in [3.63, 3.8) is 0 Å². The van der Waals surface area contributed by atoms with E-state index in [1.54, 1.807) is 18.2 Å². The minimum Gasteiger partial charge on any atom is -0.872 e. The zero-order valence-electron chi connectivity index (χ0n) is 17.2. The van der Waals surface area contributed by atoms with Gasteiger partial charge in [-0.2, -0.15) is 0 Å². The number of imidazole rings is 1. The lowest BCUT2D eigenvalue weighted by Crippen LogP contribution is -2.33. The number of nitrogens with zero attached hydrogens (tertiary/aromatic N) is 3. The molecule has 0 aliphatic carbocycles. The third-order valence-electron chi connectivity index (χ3n) is 4.50. The second-order valence-corrected chi connectivity index (χ2v) is 9.20. The second kappa shape index (κ2) is 6.86. The van der Waals surface area contributed by atoms with E-state index in [0.29, 0.717) is 0 Å². The predicted molar refractivity (Wildman–Crippen MR) is 109 cm³/mol. The van der Waals surface area contributed by atoms with Crippen molar-refractivity contribution < 1.29 is 9.59 Å². The molecule has 0 amide bonds. The van der Waals surface area contributed by atoms with Gasteiger partial charge in [-0.25, -0.2) is 4.98 Å². The van der Waals surface area contributed by atoms with Crippen LogP contribution in [-0.2, 0) is 12.0 Å². The zero-order chi connectivity index (χ0) is 19.8. The van der Waals surface area contributed by atoms with E-state index in [9.17, 15) is 5.11 Å². The van der Waals surface area contributed by atoms with Crippen molar-refractivity contribution in [2.75, 3.05) is 21.1 Å². The highest BCUT2D eigenvalue weighted by atomic mass is 16.3. The van der Waals surface area contributed by atoms with Crippen molar-refractivity contribution in [3.05, 3.63) is 66.0 Å². The molecule has 0 atom stereocenters. The van der Waals surface area contributed by atoms with E-state index in [0.717, 1.165) is 33.8 Å². The summed E-state index contributed by atoms with van der Waals surface area (Å²) in [5.74, 6) is 0.868. The van der Waals surface area contributed by atoms with E-state index in [-0.39, 0.29) is 11.2 Å². The topological polar surface area (TPSA) is 40.9 Å². The fraction of sp³-hybridized carbons (Fsp3) is 0.348. The van der Waals surface area contributed by atoms with Gasteiger partial charge >= 0.3 is 0 Å². The lowest BCUT2D eigenvalue weighted by Gasteiger charge is -2.22. The zero-order valence-corrected chi connectivity index (χ0v) is 17.2. The van der Waals surface area contributed by atoms with Crippen molar-refractivity contribution >= 4 is 0 Å². The van der Waals surface area contributed by atoms with Gasteiger partial charge < -0.3 is 9.59 Å². The monoisotopic (exact) mass is 363 g/mol. The third-order valence-corrected chi connectivity index (χ3v) is 4.50. The molecular weight excluding hydrogens is 334 g/mol. The fourth-order valence-corrected chi connectivity index (χ4v) is 3.14. The van der Waals surface area contributed by atoms with Gasteiger partial charge in [-0.05, 0) is 23.1 Å². The Balaban J connectivity index is 2.10. The molecule has 4 heteroatoms. The molecule has 3 aromatic rings. The Hall–Kier alpha value is -2.59. The van der Waals surface area contributed by atoms with Crippen LogP contribution in [-0.4, -0.2) is 35.2 Å². The van der Waals surface area contributed by atoms with E-state index >= 15 is 0 Å². The summed E-state index contributed by atoms with van der Waals surface area (Å²) >= 11 is 0. The Morgan fingerprint density at radius 2 is 1.67 bits per heavy atom. The summed E-state index contributed by atoms with van der Waals surface area (Å²) in [5.41, 5.74) is 4.30. The molecular formula is C23H29N3O. The molecule has 4 nitrogen and oxygen atoms in total. The smallest absolute Gasteiger partial charge is 0.145 e. The molecule has 0 aliphatic rings. The molecule has 0 saturated carbocycles. The van der Waals surface area contributed by atoms with Crippen LogP contribution >= 0.6 is 0 Å². The van der Waals surface area contributed by atoms with E-state index in [1.165, 1.54) is 5.56 Å². The van der Waals surface area contributed by atoms with Crippen LogP contribution in [0.2, 0.25) is 0 Å². The van der Waals surface area contributed by atoms with Crippen LogP contribution < -0.4 is 5.11 Å². The summed E-state index contributed by atoms with van der Waals surface area (Å²) < 4.78 is 2.82. The van der Waals surface area contributed by atoms with Crippen molar-refractivity contribution in [3.8, 4) is 22.8 Å². The molecule has 0 N–H and O–H groups in total. The van der Waals surface area contributed by atoms with Crippen LogP contribution in [0.25, 0.3) is 17.1 Å². The number of rotatable bonds is 4. The summed E-state index contributed by atoms with van der Waals surface area (Å²) in [6.45, 7) is 7.45. The number of hydrogen-bond acceptors (Lipinski definition) is 2. The summed E-state index contributed by atoms with van der Waals surface area (Å²) in [5, 5.41) is 11.9.